The number of rotatable bonds is 2. The molecular formula is C13H21N5OS2. The Hall–Kier alpha value is -1.28. The van der Waals surface area contributed by atoms with Crippen LogP contribution in [0, 0.1) is 18.8 Å². The topological polar surface area (TPSA) is 78.9 Å². The van der Waals surface area contributed by atoms with Crippen molar-refractivity contribution in [3.8, 4) is 0 Å². The summed E-state index contributed by atoms with van der Waals surface area (Å²) in [6, 6.07) is 0.359. The number of nitrogens with one attached hydrogen (secondary N) is 3. The van der Waals surface area contributed by atoms with Crippen molar-refractivity contribution in [1.82, 2.24) is 25.8 Å². The van der Waals surface area contributed by atoms with E-state index in [-0.39, 0.29) is 5.91 Å². The molecule has 1 aromatic rings. The second-order valence-corrected chi connectivity index (χ2v) is 6.78. The number of aromatic nitrogens is 2. The molecule has 1 aliphatic carbocycles. The van der Waals surface area contributed by atoms with Crippen LogP contribution in [0.2, 0.25) is 0 Å². The fourth-order valence-corrected chi connectivity index (χ4v) is 3.35. The van der Waals surface area contributed by atoms with E-state index in [4.69, 9.17) is 12.2 Å². The molecule has 0 radical (unpaired) electrons. The van der Waals surface area contributed by atoms with Gasteiger partial charge in [0.15, 0.2) is 5.11 Å². The molecule has 1 amide bonds. The van der Waals surface area contributed by atoms with Crippen molar-refractivity contribution in [3.05, 3.63) is 10.6 Å². The number of carbonyl (C=O) groups is 1. The number of carbonyl (C=O) groups excluding carboxylic acids is 1. The first-order chi connectivity index (χ1) is 9.99. The summed E-state index contributed by atoms with van der Waals surface area (Å²) in [5.74, 6) is 0.999. The number of hydrazine groups is 1. The molecule has 0 aliphatic heterocycles. The van der Waals surface area contributed by atoms with Gasteiger partial charge in [0.1, 0.15) is 4.88 Å². The van der Waals surface area contributed by atoms with E-state index < -0.39 is 0 Å². The fourth-order valence-electron chi connectivity index (χ4n) is 2.60. The Labute approximate surface area is 134 Å². The van der Waals surface area contributed by atoms with E-state index in [1.807, 2.05) is 0 Å². The Bertz CT molecular complexity index is 518. The van der Waals surface area contributed by atoms with Gasteiger partial charge in [0.25, 0.3) is 5.91 Å². The van der Waals surface area contributed by atoms with Crippen LogP contribution < -0.4 is 16.2 Å². The number of nitrogens with zero attached hydrogens (tertiary/aromatic N) is 2. The average Bonchev–Trinajstić information content (AvgIpc) is 2.87. The Balaban J connectivity index is 1.80. The van der Waals surface area contributed by atoms with Gasteiger partial charge in [-0.3, -0.25) is 15.6 Å². The van der Waals surface area contributed by atoms with E-state index in [2.05, 4.69) is 39.6 Å². The first-order valence-corrected chi connectivity index (χ1v) is 8.33. The molecule has 1 aliphatic rings. The zero-order valence-electron chi connectivity index (χ0n) is 12.5. The zero-order chi connectivity index (χ0) is 15.4. The molecule has 0 bridgehead atoms. The molecule has 2 rings (SSSR count). The molecule has 1 heterocycles. The van der Waals surface area contributed by atoms with Crippen LogP contribution in [0.15, 0.2) is 0 Å². The van der Waals surface area contributed by atoms with Crippen LogP contribution in [0.5, 0.6) is 0 Å². The molecule has 1 aromatic heterocycles. The lowest BCUT2D eigenvalue weighted by Crippen LogP contribution is -2.52. The molecule has 3 N–H and O–H groups in total. The molecule has 21 heavy (non-hydrogen) atoms. The Morgan fingerprint density at radius 1 is 1.33 bits per heavy atom. The minimum Gasteiger partial charge on any atom is -0.358 e. The molecule has 8 heteroatoms. The molecule has 0 spiro atoms. The molecule has 116 valence electrons. The number of thiocarbonyl (C=S) groups is 1. The van der Waals surface area contributed by atoms with E-state index in [1.54, 1.807) is 6.92 Å². The minimum atomic E-state index is -0.267. The van der Waals surface area contributed by atoms with E-state index in [1.165, 1.54) is 12.8 Å². The summed E-state index contributed by atoms with van der Waals surface area (Å²) in [5, 5.41) is 7.55. The number of aryl methyl sites for hydroxylation is 1. The number of amides is 1. The largest absolute Gasteiger partial charge is 0.358 e. The van der Waals surface area contributed by atoms with Gasteiger partial charge in [-0.1, -0.05) is 31.2 Å². The van der Waals surface area contributed by atoms with Gasteiger partial charge in [-0.25, -0.2) is 0 Å². The molecule has 0 saturated heterocycles. The third-order valence-electron chi connectivity index (χ3n) is 4.17. The highest BCUT2D eigenvalue weighted by Crippen LogP contribution is 2.29. The van der Waals surface area contributed by atoms with Crippen molar-refractivity contribution < 1.29 is 4.79 Å². The fraction of sp³-hybridized carbons (Fsp3) is 0.692. The zero-order valence-corrected chi connectivity index (χ0v) is 14.1. The van der Waals surface area contributed by atoms with Crippen LogP contribution in [-0.4, -0.2) is 26.6 Å². The van der Waals surface area contributed by atoms with Gasteiger partial charge in [-0.15, -0.1) is 5.10 Å². The van der Waals surface area contributed by atoms with Gasteiger partial charge < -0.3 is 5.32 Å². The molecule has 0 unspecified atom stereocenters. The molecule has 0 aromatic carbocycles. The Morgan fingerprint density at radius 3 is 2.76 bits per heavy atom. The highest BCUT2D eigenvalue weighted by atomic mass is 32.1. The van der Waals surface area contributed by atoms with E-state index in [0.29, 0.717) is 33.6 Å². The maximum absolute atomic E-state index is 11.9. The van der Waals surface area contributed by atoms with Crippen LogP contribution in [0.4, 0.5) is 0 Å². The quantitative estimate of drug-likeness (QED) is 0.568. The summed E-state index contributed by atoms with van der Waals surface area (Å²) in [7, 11) is 0. The highest BCUT2D eigenvalue weighted by Gasteiger charge is 2.27. The standard InChI is InChI=1S/C13H21N5OS2/c1-7-5-4-6-10(8(7)2)14-13(20)17-16-12(19)11-9(3)15-18-21-11/h7-8,10H,4-6H2,1-3H3,(H,16,19)(H2,14,17,20)/t7-,8-,10-/m0/s1. The Kier molecular flexibility index (Phi) is 5.46. The van der Waals surface area contributed by atoms with Crippen LogP contribution in [0.25, 0.3) is 0 Å². The van der Waals surface area contributed by atoms with Gasteiger partial charge in [0.05, 0.1) is 5.69 Å². The van der Waals surface area contributed by atoms with Crippen molar-refractivity contribution in [2.45, 2.75) is 46.1 Å². The van der Waals surface area contributed by atoms with Crippen LogP contribution in [0.1, 0.15) is 48.5 Å². The molecule has 1 saturated carbocycles. The smallest absolute Gasteiger partial charge is 0.283 e. The summed E-state index contributed by atoms with van der Waals surface area (Å²) < 4.78 is 3.74. The lowest BCUT2D eigenvalue weighted by molar-refractivity contribution is 0.0946. The normalized spacial score (nSPS) is 25.2. The second-order valence-electron chi connectivity index (χ2n) is 5.61. The Morgan fingerprint density at radius 2 is 2.10 bits per heavy atom. The van der Waals surface area contributed by atoms with Crippen molar-refractivity contribution in [3.63, 3.8) is 0 Å². The van der Waals surface area contributed by atoms with Gasteiger partial charge >= 0.3 is 0 Å². The summed E-state index contributed by atoms with van der Waals surface area (Å²) in [4.78, 5) is 12.4. The minimum absolute atomic E-state index is 0.267. The predicted octanol–water partition coefficient (Wildman–Crippen LogP) is 1.78. The molecular weight excluding hydrogens is 306 g/mol. The summed E-state index contributed by atoms with van der Waals surface area (Å²) in [5.41, 5.74) is 5.95. The van der Waals surface area contributed by atoms with Crippen molar-refractivity contribution in [2.75, 3.05) is 0 Å². The van der Waals surface area contributed by atoms with Gasteiger partial charge in [0, 0.05) is 6.04 Å². The first-order valence-electron chi connectivity index (χ1n) is 7.15. The van der Waals surface area contributed by atoms with Crippen molar-refractivity contribution in [2.24, 2.45) is 11.8 Å². The van der Waals surface area contributed by atoms with Gasteiger partial charge in [0.2, 0.25) is 0 Å². The molecule has 1 fully saturated rings. The third-order valence-corrected chi connectivity index (χ3v) is 5.22. The van der Waals surface area contributed by atoms with Gasteiger partial charge in [-0.05, 0) is 48.9 Å². The maximum Gasteiger partial charge on any atom is 0.283 e. The van der Waals surface area contributed by atoms with Crippen LogP contribution in [-0.2, 0) is 0 Å². The second kappa shape index (κ2) is 7.13. The average molecular weight is 327 g/mol. The first kappa shape index (κ1) is 16.1. The van der Waals surface area contributed by atoms with E-state index >= 15 is 0 Å². The lowest BCUT2D eigenvalue weighted by atomic mass is 9.78. The summed E-state index contributed by atoms with van der Waals surface area (Å²) >= 11 is 6.31. The highest BCUT2D eigenvalue weighted by molar-refractivity contribution is 7.80. The molecule has 6 nitrogen and oxygen atoms in total. The van der Waals surface area contributed by atoms with Crippen LogP contribution >= 0.6 is 23.8 Å². The van der Waals surface area contributed by atoms with Crippen LogP contribution in [0.3, 0.4) is 0 Å². The van der Waals surface area contributed by atoms with Gasteiger partial charge in [-0.2, -0.15) is 0 Å². The lowest BCUT2D eigenvalue weighted by Gasteiger charge is -2.35. The SMILES string of the molecule is Cc1nnsc1C(=O)NNC(=S)N[C@H]1CCC[C@H](C)[C@@H]1C. The van der Waals surface area contributed by atoms with E-state index in [0.717, 1.165) is 18.0 Å². The number of hydrogen-bond acceptors (Lipinski definition) is 5. The van der Waals surface area contributed by atoms with Crippen molar-refractivity contribution in [1.29, 1.82) is 0 Å². The summed E-state index contributed by atoms with van der Waals surface area (Å²) in [6.45, 7) is 6.27. The predicted molar refractivity (Wildman–Crippen MR) is 86.9 cm³/mol. The van der Waals surface area contributed by atoms with Crippen molar-refractivity contribution >= 4 is 34.8 Å². The van der Waals surface area contributed by atoms with E-state index in [9.17, 15) is 4.79 Å². The number of hydrogen-bond donors (Lipinski definition) is 3. The monoisotopic (exact) mass is 327 g/mol. The molecule has 3 atom stereocenters. The third kappa shape index (κ3) is 4.10. The maximum atomic E-state index is 11.9. The summed E-state index contributed by atoms with van der Waals surface area (Å²) in [6.07, 6.45) is 3.59.